The van der Waals surface area contributed by atoms with Gasteiger partial charge in [0, 0.05) is 48.3 Å². The fourth-order valence-electron chi connectivity index (χ4n) is 3.39. The topological polar surface area (TPSA) is 50.2 Å². The Morgan fingerprint density at radius 1 is 1.25 bits per heavy atom. The zero-order valence-electron chi connectivity index (χ0n) is 17.6. The normalized spacial score (nSPS) is 14.9. The van der Waals surface area contributed by atoms with Crippen molar-refractivity contribution in [3.63, 3.8) is 0 Å². The van der Waals surface area contributed by atoms with E-state index in [0.29, 0.717) is 12.0 Å². The molecule has 1 fully saturated rings. The first-order valence-corrected chi connectivity index (χ1v) is 12.2. The van der Waals surface area contributed by atoms with Crippen molar-refractivity contribution < 1.29 is 4.79 Å². The number of nitrogens with one attached hydrogen (secondary N) is 1. The molecule has 28 heavy (non-hydrogen) atoms. The van der Waals surface area contributed by atoms with E-state index in [0.717, 1.165) is 65.3 Å². The molecule has 1 saturated heterocycles. The maximum Gasteiger partial charge on any atom is 0.255 e. The zero-order chi connectivity index (χ0) is 20.3. The van der Waals surface area contributed by atoms with Gasteiger partial charge in [0.2, 0.25) is 0 Å². The Morgan fingerprint density at radius 3 is 2.61 bits per heavy atom. The summed E-state index contributed by atoms with van der Waals surface area (Å²) in [5.74, 6) is 2.84. The third-order valence-corrected chi connectivity index (χ3v) is 6.72. The van der Waals surface area contributed by atoms with Gasteiger partial charge in [-0.3, -0.25) is 4.79 Å². The second kappa shape index (κ2) is 9.35. The van der Waals surface area contributed by atoms with Crippen LogP contribution in [0.25, 0.3) is 11.4 Å². The van der Waals surface area contributed by atoms with E-state index in [4.69, 9.17) is 4.98 Å². The van der Waals surface area contributed by atoms with E-state index in [1.54, 1.807) is 11.3 Å². The molecule has 2 aromatic rings. The lowest BCUT2D eigenvalue weighted by atomic mass is 10.1. The molecule has 0 saturated carbocycles. The number of rotatable bonds is 7. The summed E-state index contributed by atoms with van der Waals surface area (Å²) in [5, 5.41) is 6.41. The Balaban J connectivity index is 1.95. The molecule has 3 rings (SSSR count). The van der Waals surface area contributed by atoms with E-state index in [9.17, 15) is 4.79 Å². The van der Waals surface area contributed by atoms with Crippen LogP contribution in [0.3, 0.4) is 0 Å². The highest BCUT2D eigenvalue weighted by Gasteiger charge is 2.25. The van der Waals surface area contributed by atoms with Crippen LogP contribution in [-0.4, -0.2) is 51.0 Å². The van der Waals surface area contributed by atoms with Gasteiger partial charge in [0.05, 0.1) is 17.0 Å². The number of anilines is 1. The summed E-state index contributed by atoms with van der Waals surface area (Å²) in [5.41, 5.74) is 3.90. The van der Waals surface area contributed by atoms with Crippen LogP contribution in [-0.2, 0) is 6.54 Å². The summed E-state index contributed by atoms with van der Waals surface area (Å²) in [6.45, 7) is 13.4. The minimum Gasteiger partial charge on any atom is -0.359 e. The Hall–Kier alpha value is -1.47. The monoisotopic (exact) mass is 420 g/mol. The molecule has 2 aromatic heterocycles. The number of carbonyl (C=O) groups is 1. The summed E-state index contributed by atoms with van der Waals surface area (Å²) in [6.07, 6.45) is 1.08. The Labute approximate surface area is 176 Å². The highest BCUT2D eigenvalue weighted by atomic mass is 32.2. The summed E-state index contributed by atoms with van der Waals surface area (Å²) < 4.78 is 2.29. The van der Waals surface area contributed by atoms with Gasteiger partial charge >= 0.3 is 0 Å². The molecule has 1 amide bonds. The molecule has 0 atom stereocenters. The van der Waals surface area contributed by atoms with Crippen molar-refractivity contribution >= 4 is 34.1 Å². The van der Waals surface area contributed by atoms with Gasteiger partial charge in [0.25, 0.3) is 5.91 Å². The average molecular weight is 421 g/mol. The third kappa shape index (κ3) is 4.92. The molecule has 1 N–H and O–H groups in total. The molecule has 0 aliphatic carbocycles. The molecule has 5 nitrogen and oxygen atoms in total. The van der Waals surface area contributed by atoms with Crippen LogP contribution in [0.1, 0.15) is 50.2 Å². The number of thiazole rings is 1. The second-order valence-corrected chi connectivity index (χ2v) is 10.2. The number of aromatic nitrogens is 2. The predicted octanol–water partition coefficient (Wildman–Crippen LogP) is 4.98. The van der Waals surface area contributed by atoms with Crippen molar-refractivity contribution in [1.29, 1.82) is 0 Å². The van der Waals surface area contributed by atoms with Gasteiger partial charge in [-0.2, -0.15) is 11.8 Å². The third-order valence-electron chi connectivity index (χ3n) is 5.00. The molecule has 1 aliphatic heterocycles. The SMILES string of the molecule is Cc1c(C(=O)N2CCSCC2)cc(-c2csc(NC(C)C)n2)n1CCC(C)C. The lowest BCUT2D eigenvalue weighted by Gasteiger charge is -2.26. The molecule has 7 heteroatoms. The first-order valence-electron chi connectivity index (χ1n) is 10.2. The molecule has 0 unspecified atom stereocenters. The summed E-state index contributed by atoms with van der Waals surface area (Å²) in [6, 6.07) is 2.41. The van der Waals surface area contributed by atoms with Gasteiger partial charge in [-0.15, -0.1) is 11.3 Å². The van der Waals surface area contributed by atoms with Gasteiger partial charge in [-0.25, -0.2) is 4.98 Å². The fourth-order valence-corrected chi connectivity index (χ4v) is 5.15. The van der Waals surface area contributed by atoms with Crippen molar-refractivity contribution in [2.24, 2.45) is 5.92 Å². The number of hydrogen-bond donors (Lipinski definition) is 1. The highest BCUT2D eigenvalue weighted by molar-refractivity contribution is 7.99. The molecule has 0 aromatic carbocycles. The van der Waals surface area contributed by atoms with E-state index in [-0.39, 0.29) is 5.91 Å². The number of amides is 1. The van der Waals surface area contributed by atoms with E-state index in [1.807, 2.05) is 16.7 Å². The lowest BCUT2D eigenvalue weighted by Crippen LogP contribution is -2.38. The van der Waals surface area contributed by atoms with Crippen molar-refractivity contribution in [2.75, 3.05) is 29.9 Å². The van der Waals surface area contributed by atoms with Crippen LogP contribution < -0.4 is 5.32 Å². The molecule has 3 heterocycles. The van der Waals surface area contributed by atoms with E-state index >= 15 is 0 Å². The summed E-state index contributed by atoms with van der Waals surface area (Å²) in [7, 11) is 0. The number of nitrogens with zero attached hydrogens (tertiary/aromatic N) is 3. The summed E-state index contributed by atoms with van der Waals surface area (Å²) in [4.78, 5) is 20.0. The summed E-state index contributed by atoms with van der Waals surface area (Å²) >= 11 is 3.55. The van der Waals surface area contributed by atoms with E-state index in [1.165, 1.54) is 0 Å². The van der Waals surface area contributed by atoms with Crippen molar-refractivity contribution in [1.82, 2.24) is 14.5 Å². The van der Waals surface area contributed by atoms with Gasteiger partial charge in [-0.1, -0.05) is 13.8 Å². The largest absolute Gasteiger partial charge is 0.359 e. The van der Waals surface area contributed by atoms with Gasteiger partial charge in [0.15, 0.2) is 5.13 Å². The first kappa shape index (κ1) is 21.2. The van der Waals surface area contributed by atoms with Crippen LogP contribution in [0.15, 0.2) is 11.4 Å². The van der Waals surface area contributed by atoms with Crippen molar-refractivity contribution in [3.8, 4) is 11.4 Å². The predicted molar refractivity (Wildman–Crippen MR) is 122 cm³/mol. The highest BCUT2D eigenvalue weighted by Crippen LogP contribution is 2.31. The van der Waals surface area contributed by atoms with Crippen LogP contribution in [0.4, 0.5) is 5.13 Å². The Morgan fingerprint density at radius 2 is 1.96 bits per heavy atom. The van der Waals surface area contributed by atoms with E-state index < -0.39 is 0 Å². The minimum atomic E-state index is 0.165. The average Bonchev–Trinajstić information content (AvgIpc) is 3.24. The molecule has 154 valence electrons. The minimum absolute atomic E-state index is 0.165. The van der Waals surface area contributed by atoms with Crippen molar-refractivity contribution in [3.05, 3.63) is 22.7 Å². The quantitative estimate of drug-likeness (QED) is 0.687. The maximum atomic E-state index is 13.2. The Bertz CT molecular complexity index is 803. The first-order chi connectivity index (χ1) is 13.4. The standard InChI is InChI=1S/C21H32N4OS2/c1-14(2)6-7-25-16(5)17(20(26)24-8-10-27-11-9-24)12-19(25)18-13-28-21(23-18)22-15(3)4/h12-15H,6-11H2,1-5H3,(H,22,23). The van der Waals surface area contributed by atoms with Crippen LogP contribution in [0, 0.1) is 12.8 Å². The molecule has 0 spiro atoms. The fraction of sp³-hybridized carbons (Fsp3) is 0.619. The Kier molecular flexibility index (Phi) is 7.10. The van der Waals surface area contributed by atoms with Crippen LogP contribution in [0.5, 0.6) is 0 Å². The lowest BCUT2D eigenvalue weighted by molar-refractivity contribution is 0.0771. The number of hydrogen-bond acceptors (Lipinski definition) is 5. The van der Waals surface area contributed by atoms with Crippen LogP contribution in [0.2, 0.25) is 0 Å². The number of thioether (sulfide) groups is 1. The second-order valence-electron chi connectivity index (χ2n) is 8.10. The molecular weight excluding hydrogens is 388 g/mol. The van der Waals surface area contributed by atoms with Gasteiger partial charge in [-0.05, 0) is 39.2 Å². The molecule has 0 bridgehead atoms. The smallest absolute Gasteiger partial charge is 0.255 e. The van der Waals surface area contributed by atoms with Gasteiger partial charge in [0.1, 0.15) is 0 Å². The zero-order valence-corrected chi connectivity index (χ0v) is 19.3. The maximum absolute atomic E-state index is 13.2. The van der Waals surface area contributed by atoms with Crippen LogP contribution >= 0.6 is 23.1 Å². The van der Waals surface area contributed by atoms with E-state index in [2.05, 4.69) is 55.9 Å². The van der Waals surface area contributed by atoms with Crippen molar-refractivity contribution in [2.45, 2.75) is 53.6 Å². The van der Waals surface area contributed by atoms with Gasteiger partial charge < -0.3 is 14.8 Å². The molecule has 0 radical (unpaired) electrons. The number of carbonyl (C=O) groups excluding carboxylic acids is 1. The molecule has 1 aliphatic rings. The molecular formula is C21H32N4OS2.